The van der Waals surface area contributed by atoms with Crippen LogP contribution >= 0.6 is 27.5 Å². The highest BCUT2D eigenvalue weighted by molar-refractivity contribution is 9.10. The maximum atomic E-state index is 12.2. The monoisotopic (exact) mass is 404 g/mol. The van der Waals surface area contributed by atoms with Crippen molar-refractivity contribution in [2.45, 2.75) is 0 Å². The number of para-hydroxylation sites is 1. The van der Waals surface area contributed by atoms with E-state index in [2.05, 4.69) is 31.7 Å². The topological polar surface area (TPSA) is 59.0 Å². The van der Waals surface area contributed by atoms with Gasteiger partial charge in [0.1, 0.15) is 0 Å². The Bertz CT molecular complexity index is 874. The quantitative estimate of drug-likeness (QED) is 0.633. The first-order valence-corrected chi connectivity index (χ1v) is 8.32. The minimum atomic E-state index is -0.357. The van der Waals surface area contributed by atoms with Crippen molar-refractivity contribution in [3.63, 3.8) is 0 Å². The van der Waals surface area contributed by atoms with Gasteiger partial charge in [-0.2, -0.15) is 5.10 Å². The van der Waals surface area contributed by atoms with E-state index in [4.69, 9.17) is 11.6 Å². The second-order valence-electron chi connectivity index (χ2n) is 5.10. The Balaban J connectivity index is 1.78. The largest absolute Gasteiger partial charge is 0.323 e. The van der Waals surface area contributed by atoms with Crippen LogP contribution in [0.2, 0.25) is 5.02 Å². The molecule has 2 amide bonds. The molecule has 0 atom stereocenters. The van der Waals surface area contributed by atoms with Crippen molar-refractivity contribution in [2.24, 2.45) is 7.05 Å². The molecule has 1 aromatic heterocycles. The fraction of sp³-hybridized carbons (Fsp3) is 0.0588. The van der Waals surface area contributed by atoms with Crippen molar-refractivity contribution < 1.29 is 4.79 Å². The molecule has 0 aliphatic rings. The number of anilines is 2. The molecule has 24 heavy (non-hydrogen) atoms. The van der Waals surface area contributed by atoms with Gasteiger partial charge in [0, 0.05) is 18.3 Å². The van der Waals surface area contributed by atoms with E-state index in [0.29, 0.717) is 16.4 Å². The van der Waals surface area contributed by atoms with Crippen LogP contribution in [0.25, 0.3) is 11.3 Å². The zero-order chi connectivity index (χ0) is 17.1. The van der Waals surface area contributed by atoms with E-state index < -0.39 is 0 Å². The minimum absolute atomic E-state index is 0.357. The lowest BCUT2D eigenvalue weighted by atomic mass is 10.1. The SMILES string of the molecule is Cn1ncc(Br)c1-c1cccc(NC(=O)Nc2ccccc2Cl)c1. The third kappa shape index (κ3) is 3.60. The van der Waals surface area contributed by atoms with E-state index in [1.54, 1.807) is 29.1 Å². The maximum absolute atomic E-state index is 12.2. The number of hydrogen-bond donors (Lipinski definition) is 2. The zero-order valence-corrected chi connectivity index (χ0v) is 15.1. The number of aryl methyl sites for hydroxylation is 1. The molecule has 122 valence electrons. The zero-order valence-electron chi connectivity index (χ0n) is 12.8. The smallest absolute Gasteiger partial charge is 0.308 e. The molecule has 0 saturated carbocycles. The number of amides is 2. The van der Waals surface area contributed by atoms with Crippen molar-refractivity contribution in [1.29, 1.82) is 0 Å². The van der Waals surface area contributed by atoms with Crippen LogP contribution in [0.5, 0.6) is 0 Å². The number of rotatable bonds is 3. The van der Waals surface area contributed by atoms with Gasteiger partial charge in [0.05, 0.1) is 27.1 Å². The molecule has 0 bridgehead atoms. The fourth-order valence-electron chi connectivity index (χ4n) is 2.33. The molecular weight excluding hydrogens is 392 g/mol. The number of aromatic nitrogens is 2. The Morgan fingerprint density at radius 3 is 2.67 bits per heavy atom. The highest BCUT2D eigenvalue weighted by Crippen LogP contribution is 2.29. The third-order valence-corrected chi connectivity index (χ3v) is 4.32. The van der Waals surface area contributed by atoms with E-state index >= 15 is 0 Å². The summed E-state index contributed by atoms with van der Waals surface area (Å²) >= 11 is 9.53. The summed E-state index contributed by atoms with van der Waals surface area (Å²) in [7, 11) is 1.87. The van der Waals surface area contributed by atoms with E-state index in [0.717, 1.165) is 15.7 Å². The molecule has 5 nitrogen and oxygen atoms in total. The molecule has 0 aliphatic carbocycles. The van der Waals surface area contributed by atoms with E-state index in [1.807, 2.05) is 37.4 Å². The Morgan fingerprint density at radius 2 is 1.96 bits per heavy atom. The lowest BCUT2D eigenvalue weighted by Gasteiger charge is -2.10. The van der Waals surface area contributed by atoms with Crippen molar-refractivity contribution >= 4 is 44.9 Å². The molecule has 0 aliphatic heterocycles. The van der Waals surface area contributed by atoms with Crippen LogP contribution in [0, 0.1) is 0 Å². The summed E-state index contributed by atoms with van der Waals surface area (Å²) < 4.78 is 2.66. The van der Waals surface area contributed by atoms with E-state index in [9.17, 15) is 4.79 Å². The van der Waals surface area contributed by atoms with Crippen molar-refractivity contribution in [1.82, 2.24) is 9.78 Å². The summed E-state index contributed by atoms with van der Waals surface area (Å²) in [4.78, 5) is 12.2. The van der Waals surface area contributed by atoms with Crippen LogP contribution in [0.4, 0.5) is 16.2 Å². The molecule has 0 fully saturated rings. The molecule has 2 aromatic carbocycles. The number of benzene rings is 2. The Kier molecular flexibility index (Phi) is 4.87. The second-order valence-corrected chi connectivity index (χ2v) is 6.37. The van der Waals surface area contributed by atoms with Crippen LogP contribution in [0.15, 0.2) is 59.2 Å². The predicted molar refractivity (Wildman–Crippen MR) is 100 cm³/mol. The van der Waals surface area contributed by atoms with Gasteiger partial charge >= 0.3 is 6.03 Å². The number of nitrogens with zero attached hydrogens (tertiary/aromatic N) is 2. The van der Waals surface area contributed by atoms with Gasteiger partial charge in [-0.25, -0.2) is 4.79 Å². The Morgan fingerprint density at radius 1 is 1.17 bits per heavy atom. The van der Waals surface area contributed by atoms with Crippen LogP contribution < -0.4 is 10.6 Å². The molecule has 0 unspecified atom stereocenters. The van der Waals surface area contributed by atoms with Gasteiger partial charge in [0.25, 0.3) is 0 Å². The van der Waals surface area contributed by atoms with Gasteiger partial charge in [-0.05, 0) is 40.2 Å². The number of hydrogen-bond acceptors (Lipinski definition) is 2. The van der Waals surface area contributed by atoms with Gasteiger partial charge < -0.3 is 10.6 Å². The average molecular weight is 406 g/mol. The highest BCUT2D eigenvalue weighted by Gasteiger charge is 2.10. The van der Waals surface area contributed by atoms with Crippen LogP contribution in [-0.2, 0) is 7.05 Å². The highest BCUT2D eigenvalue weighted by atomic mass is 79.9. The van der Waals surface area contributed by atoms with Gasteiger partial charge in [0.15, 0.2) is 0 Å². The first-order valence-electron chi connectivity index (χ1n) is 7.15. The predicted octanol–water partition coefficient (Wildman–Crippen LogP) is 5.15. The Hall–Kier alpha value is -2.31. The summed E-state index contributed by atoms with van der Waals surface area (Å²) in [5, 5.41) is 10.2. The normalized spacial score (nSPS) is 10.5. The van der Waals surface area contributed by atoms with Gasteiger partial charge in [-0.3, -0.25) is 4.68 Å². The fourth-order valence-corrected chi connectivity index (χ4v) is 3.09. The summed E-state index contributed by atoms with van der Waals surface area (Å²) in [6.07, 6.45) is 1.74. The summed E-state index contributed by atoms with van der Waals surface area (Å²) in [6, 6.07) is 14.3. The summed E-state index contributed by atoms with van der Waals surface area (Å²) in [5.74, 6) is 0. The number of urea groups is 1. The van der Waals surface area contributed by atoms with Crippen LogP contribution in [0.1, 0.15) is 0 Å². The van der Waals surface area contributed by atoms with Crippen molar-refractivity contribution in [3.8, 4) is 11.3 Å². The molecule has 3 rings (SSSR count). The second kappa shape index (κ2) is 7.07. The standard InChI is InChI=1S/C17H14BrClN4O/c1-23-16(13(18)10-20-23)11-5-4-6-12(9-11)21-17(24)22-15-8-3-2-7-14(15)19/h2-10H,1H3,(H2,21,22,24). The van der Waals surface area contributed by atoms with Crippen molar-refractivity contribution in [2.75, 3.05) is 10.6 Å². The summed E-state index contributed by atoms with van der Waals surface area (Å²) in [5.41, 5.74) is 3.11. The Labute approximate surface area is 152 Å². The minimum Gasteiger partial charge on any atom is -0.308 e. The average Bonchev–Trinajstić information content (AvgIpc) is 2.89. The number of halogens is 2. The number of carbonyl (C=O) groups is 1. The molecule has 0 radical (unpaired) electrons. The first kappa shape index (κ1) is 16.5. The van der Waals surface area contributed by atoms with E-state index in [-0.39, 0.29) is 6.03 Å². The lowest BCUT2D eigenvalue weighted by molar-refractivity contribution is 0.262. The number of nitrogens with one attached hydrogen (secondary N) is 2. The molecule has 7 heteroatoms. The maximum Gasteiger partial charge on any atom is 0.323 e. The van der Waals surface area contributed by atoms with Crippen molar-refractivity contribution in [3.05, 3.63) is 64.2 Å². The van der Waals surface area contributed by atoms with Crippen LogP contribution in [0.3, 0.4) is 0 Å². The van der Waals surface area contributed by atoms with Gasteiger partial charge in [0.2, 0.25) is 0 Å². The van der Waals surface area contributed by atoms with Crippen LogP contribution in [-0.4, -0.2) is 15.8 Å². The van der Waals surface area contributed by atoms with Gasteiger partial charge in [-0.15, -0.1) is 0 Å². The van der Waals surface area contributed by atoms with Gasteiger partial charge in [-0.1, -0.05) is 35.9 Å². The first-order chi connectivity index (χ1) is 11.5. The molecular formula is C17H14BrClN4O. The third-order valence-electron chi connectivity index (χ3n) is 3.41. The van der Waals surface area contributed by atoms with E-state index in [1.165, 1.54) is 0 Å². The molecule has 3 aromatic rings. The molecule has 0 spiro atoms. The number of carbonyl (C=O) groups excluding carboxylic acids is 1. The molecule has 0 saturated heterocycles. The lowest BCUT2D eigenvalue weighted by Crippen LogP contribution is -2.19. The molecule has 2 N–H and O–H groups in total. The molecule has 1 heterocycles. The summed E-state index contributed by atoms with van der Waals surface area (Å²) in [6.45, 7) is 0.